The summed E-state index contributed by atoms with van der Waals surface area (Å²) in [7, 11) is 7.55. The molecule has 19 heavy (non-hydrogen) atoms. The number of nitrogens with zero attached hydrogens (tertiary/aromatic N) is 4. The van der Waals surface area contributed by atoms with Gasteiger partial charge < -0.3 is 9.64 Å². The number of benzene rings is 1. The second-order valence-electron chi connectivity index (χ2n) is 4.25. The average Bonchev–Trinajstić information content (AvgIpc) is 2.81. The number of anilines is 1. The van der Waals surface area contributed by atoms with Gasteiger partial charge in [-0.25, -0.2) is 4.57 Å². The van der Waals surface area contributed by atoms with E-state index in [-0.39, 0.29) is 0 Å². The molecule has 0 saturated heterocycles. The van der Waals surface area contributed by atoms with Gasteiger partial charge >= 0.3 is 5.13 Å². The van der Waals surface area contributed by atoms with Gasteiger partial charge in [-0.05, 0) is 28.6 Å². The first-order valence-electron chi connectivity index (χ1n) is 5.82. The molecule has 1 aromatic heterocycles. The van der Waals surface area contributed by atoms with Crippen LogP contribution in [0.3, 0.4) is 0 Å². The molecule has 0 atom stereocenters. The quantitative estimate of drug-likeness (QED) is 0.636. The first kappa shape index (κ1) is 13.5. The smallest absolute Gasteiger partial charge is 0.408 e. The average molecular weight is 277 g/mol. The third-order valence-corrected chi connectivity index (χ3v) is 3.49. The number of aryl methyl sites for hydroxylation is 1. The molecule has 0 unspecified atom stereocenters. The summed E-state index contributed by atoms with van der Waals surface area (Å²) < 4.78 is 7.29. The van der Waals surface area contributed by atoms with Gasteiger partial charge in [-0.3, -0.25) is 0 Å². The minimum Gasteiger partial charge on any atom is -0.495 e. The Kier molecular flexibility index (Phi) is 4.11. The Morgan fingerprint density at radius 2 is 2.05 bits per heavy atom. The maximum atomic E-state index is 5.36. The molecule has 0 spiro atoms. The van der Waals surface area contributed by atoms with Crippen molar-refractivity contribution >= 4 is 27.8 Å². The SMILES string of the molecule is COc1cc(N=Nc2scc[n+]2C)ccc1N(C)C. The molecule has 1 aromatic carbocycles. The van der Waals surface area contributed by atoms with Crippen molar-refractivity contribution in [3.63, 3.8) is 0 Å². The van der Waals surface area contributed by atoms with Gasteiger partial charge in [0.1, 0.15) is 17.6 Å². The van der Waals surface area contributed by atoms with Crippen molar-refractivity contribution < 1.29 is 9.30 Å². The Balaban J connectivity index is 2.27. The van der Waals surface area contributed by atoms with Crippen molar-refractivity contribution in [2.75, 3.05) is 26.1 Å². The van der Waals surface area contributed by atoms with Crippen molar-refractivity contribution in [2.45, 2.75) is 0 Å². The maximum absolute atomic E-state index is 5.36. The minimum atomic E-state index is 0.774. The molecule has 2 rings (SSSR count). The lowest BCUT2D eigenvalue weighted by Gasteiger charge is -2.16. The Labute approximate surface area is 116 Å². The zero-order chi connectivity index (χ0) is 13.8. The molecular weight excluding hydrogens is 260 g/mol. The van der Waals surface area contributed by atoms with Gasteiger partial charge in [0, 0.05) is 25.5 Å². The van der Waals surface area contributed by atoms with Crippen LogP contribution in [0.5, 0.6) is 5.75 Å². The fourth-order valence-electron chi connectivity index (χ4n) is 1.62. The summed E-state index contributed by atoms with van der Waals surface area (Å²) in [5.41, 5.74) is 1.79. The van der Waals surface area contributed by atoms with Gasteiger partial charge in [0.15, 0.2) is 0 Å². The van der Waals surface area contributed by atoms with E-state index in [1.165, 1.54) is 0 Å². The number of aromatic nitrogens is 1. The highest BCUT2D eigenvalue weighted by Crippen LogP contribution is 2.31. The highest BCUT2D eigenvalue weighted by molar-refractivity contribution is 7.12. The molecular formula is C13H17N4OS+. The number of thiazole rings is 1. The first-order valence-corrected chi connectivity index (χ1v) is 6.70. The summed E-state index contributed by atoms with van der Waals surface area (Å²) in [6.07, 6.45) is 1.95. The van der Waals surface area contributed by atoms with Gasteiger partial charge in [0.2, 0.25) is 0 Å². The molecule has 100 valence electrons. The molecule has 0 fully saturated rings. The highest BCUT2D eigenvalue weighted by Gasteiger charge is 2.09. The van der Waals surface area contributed by atoms with E-state index in [1.54, 1.807) is 18.4 Å². The summed E-state index contributed by atoms with van der Waals surface area (Å²) in [6, 6.07) is 5.78. The van der Waals surface area contributed by atoms with E-state index in [9.17, 15) is 0 Å². The van der Waals surface area contributed by atoms with E-state index in [2.05, 4.69) is 10.2 Å². The number of azo groups is 1. The van der Waals surface area contributed by atoms with Crippen molar-refractivity contribution in [3.8, 4) is 5.75 Å². The van der Waals surface area contributed by atoms with E-state index in [1.807, 2.05) is 60.4 Å². The molecule has 0 aliphatic carbocycles. The minimum absolute atomic E-state index is 0.774. The normalized spacial score (nSPS) is 10.9. The van der Waals surface area contributed by atoms with Crippen LogP contribution in [0.25, 0.3) is 0 Å². The van der Waals surface area contributed by atoms with Crippen molar-refractivity contribution in [2.24, 2.45) is 17.3 Å². The van der Waals surface area contributed by atoms with E-state index in [0.717, 1.165) is 22.3 Å². The topological polar surface area (TPSA) is 41.1 Å². The Morgan fingerprint density at radius 3 is 2.63 bits per heavy atom. The molecule has 0 aliphatic heterocycles. The number of methoxy groups -OCH3 is 1. The molecule has 2 aromatic rings. The Morgan fingerprint density at radius 1 is 1.26 bits per heavy atom. The molecule has 0 bridgehead atoms. The number of rotatable bonds is 4. The van der Waals surface area contributed by atoms with Crippen LogP contribution in [-0.2, 0) is 7.05 Å². The van der Waals surface area contributed by atoms with Crippen LogP contribution in [0.15, 0.2) is 40.0 Å². The van der Waals surface area contributed by atoms with Crippen molar-refractivity contribution in [1.82, 2.24) is 0 Å². The predicted octanol–water partition coefficient (Wildman–Crippen LogP) is 3.06. The van der Waals surface area contributed by atoms with E-state index in [0.29, 0.717) is 0 Å². The molecule has 0 N–H and O–H groups in total. The molecule has 0 radical (unpaired) electrons. The largest absolute Gasteiger partial charge is 0.495 e. The van der Waals surface area contributed by atoms with Crippen LogP contribution >= 0.6 is 11.3 Å². The number of hydrogen-bond acceptors (Lipinski definition) is 5. The second-order valence-corrected chi connectivity index (χ2v) is 5.12. The molecule has 1 heterocycles. The van der Waals surface area contributed by atoms with Crippen LogP contribution in [0.2, 0.25) is 0 Å². The third kappa shape index (κ3) is 3.08. The van der Waals surface area contributed by atoms with Gasteiger partial charge in [-0.15, -0.1) is 0 Å². The van der Waals surface area contributed by atoms with Gasteiger partial charge in [0.25, 0.3) is 0 Å². The van der Waals surface area contributed by atoms with Crippen LogP contribution in [0.1, 0.15) is 0 Å². The predicted molar refractivity (Wildman–Crippen MR) is 77.0 cm³/mol. The van der Waals surface area contributed by atoms with E-state index >= 15 is 0 Å². The molecule has 0 saturated carbocycles. The third-order valence-electron chi connectivity index (χ3n) is 2.66. The summed E-state index contributed by atoms with van der Waals surface area (Å²) in [4.78, 5) is 2.00. The van der Waals surface area contributed by atoms with Crippen LogP contribution < -0.4 is 14.2 Å². The van der Waals surface area contributed by atoms with Crippen LogP contribution in [-0.4, -0.2) is 21.2 Å². The number of ether oxygens (including phenoxy) is 1. The molecule has 5 nitrogen and oxygen atoms in total. The summed E-state index contributed by atoms with van der Waals surface area (Å²) in [5.74, 6) is 0.789. The second kappa shape index (κ2) is 5.79. The Hall–Kier alpha value is -1.95. The first-order chi connectivity index (χ1) is 9.11. The lowest BCUT2D eigenvalue weighted by atomic mass is 10.2. The summed E-state index contributed by atoms with van der Waals surface area (Å²) in [6.45, 7) is 0. The molecule has 0 aliphatic rings. The lowest BCUT2D eigenvalue weighted by molar-refractivity contribution is -0.654. The van der Waals surface area contributed by atoms with Crippen molar-refractivity contribution in [3.05, 3.63) is 29.8 Å². The van der Waals surface area contributed by atoms with E-state index in [4.69, 9.17) is 4.74 Å². The monoisotopic (exact) mass is 277 g/mol. The molecule has 6 heteroatoms. The summed E-state index contributed by atoms with van der Waals surface area (Å²) >= 11 is 1.55. The van der Waals surface area contributed by atoms with Gasteiger partial charge in [-0.1, -0.05) is 0 Å². The standard InChI is InChI=1S/C13H17N4OS/c1-16(2)11-6-5-10(9-12(11)18-4)14-15-13-17(3)7-8-19-13/h5-9H,1-4H3/q+1. The van der Waals surface area contributed by atoms with E-state index < -0.39 is 0 Å². The molecule has 0 amide bonds. The van der Waals surface area contributed by atoms with Gasteiger partial charge in [0.05, 0.1) is 25.0 Å². The zero-order valence-corrected chi connectivity index (χ0v) is 12.3. The van der Waals surface area contributed by atoms with Gasteiger partial charge in [-0.2, -0.15) is 0 Å². The zero-order valence-electron chi connectivity index (χ0n) is 11.5. The maximum Gasteiger partial charge on any atom is 0.408 e. The number of hydrogen-bond donors (Lipinski definition) is 0. The van der Waals surface area contributed by atoms with Crippen LogP contribution in [0.4, 0.5) is 16.5 Å². The van der Waals surface area contributed by atoms with Crippen molar-refractivity contribution in [1.29, 1.82) is 0 Å². The fourth-order valence-corrected chi connectivity index (χ4v) is 2.30. The highest BCUT2D eigenvalue weighted by atomic mass is 32.1. The summed E-state index contributed by atoms with van der Waals surface area (Å²) in [5, 5.41) is 11.3. The lowest BCUT2D eigenvalue weighted by Crippen LogP contribution is -2.23. The van der Waals surface area contributed by atoms with Crippen LogP contribution in [0, 0.1) is 0 Å². The fraction of sp³-hybridized carbons (Fsp3) is 0.308. The Bertz CT molecular complexity index is 592.